The molecular formula is C13H9BrO3S. The summed E-state index contributed by atoms with van der Waals surface area (Å²) < 4.78 is 0.704. The van der Waals surface area contributed by atoms with Gasteiger partial charge in [-0.15, -0.1) is 11.3 Å². The number of halogens is 1. The number of benzene rings is 1. The molecule has 92 valence electrons. The quantitative estimate of drug-likeness (QED) is 0.875. The normalized spacial score (nSPS) is 10.3. The van der Waals surface area contributed by atoms with Gasteiger partial charge in [-0.2, -0.15) is 0 Å². The molecule has 0 atom stereocenters. The van der Waals surface area contributed by atoms with Crippen molar-refractivity contribution in [1.82, 2.24) is 0 Å². The monoisotopic (exact) mass is 324 g/mol. The molecule has 5 heteroatoms. The Morgan fingerprint density at radius 3 is 2.33 bits per heavy atom. The van der Waals surface area contributed by atoms with Gasteiger partial charge < -0.3 is 5.11 Å². The summed E-state index contributed by atoms with van der Waals surface area (Å²) in [5, 5.41) is 9.08. The van der Waals surface area contributed by atoms with E-state index in [4.69, 9.17) is 5.11 Å². The fourth-order valence-corrected chi connectivity index (χ4v) is 3.40. The molecule has 0 aliphatic carbocycles. The highest BCUT2D eigenvalue weighted by Gasteiger charge is 2.20. The number of hydrogen-bond acceptors (Lipinski definition) is 3. The first kappa shape index (κ1) is 13.0. The predicted molar refractivity (Wildman–Crippen MR) is 73.6 cm³/mol. The van der Waals surface area contributed by atoms with Crippen molar-refractivity contribution in [3.63, 3.8) is 0 Å². The third-order valence-corrected chi connectivity index (χ3v) is 4.36. The van der Waals surface area contributed by atoms with Gasteiger partial charge in [0, 0.05) is 14.9 Å². The summed E-state index contributed by atoms with van der Waals surface area (Å²) in [5.41, 5.74) is 0.244. The van der Waals surface area contributed by atoms with E-state index in [0.29, 0.717) is 9.35 Å². The van der Waals surface area contributed by atoms with Crippen molar-refractivity contribution in [1.29, 1.82) is 0 Å². The van der Waals surface area contributed by atoms with Crippen LogP contribution >= 0.6 is 27.3 Å². The Labute approximate surface area is 116 Å². The van der Waals surface area contributed by atoms with Gasteiger partial charge >= 0.3 is 5.97 Å². The van der Waals surface area contributed by atoms with Crippen LogP contribution in [0.25, 0.3) is 0 Å². The van der Waals surface area contributed by atoms with Crippen LogP contribution in [0.3, 0.4) is 0 Å². The van der Waals surface area contributed by atoms with Crippen LogP contribution in [0.2, 0.25) is 0 Å². The minimum absolute atomic E-state index is 0.0282. The first-order valence-corrected chi connectivity index (χ1v) is 6.74. The van der Waals surface area contributed by atoms with Crippen molar-refractivity contribution < 1.29 is 14.7 Å². The van der Waals surface area contributed by atoms with E-state index in [2.05, 4.69) is 15.9 Å². The summed E-state index contributed by atoms with van der Waals surface area (Å²) in [7, 11) is 0. The zero-order chi connectivity index (χ0) is 13.3. The molecule has 2 aromatic rings. The number of aryl methyl sites for hydroxylation is 1. The second-order valence-electron chi connectivity index (χ2n) is 3.71. The van der Waals surface area contributed by atoms with Crippen LogP contribution in [-0.4, -0.2) is 16.9 Å². The predicted octanol–water partition coefficient (Wildman–Crippen LogP) is 3.75. The molecule has 1 heterocycles. The largest absolute Gasteiger partial charge is 0.478 e. The van der Waals surface area contributed by atoms with Crippen molar-refractivity contribution in [2.24, 2.45) is 0 Å². The number of carbonyl (C=O) groups is 2. The van der Waals surface area contributed by atoms with Crippen LogP contribution in [0.4, 0.5) is 0 Å². The first-order valence-electron chi connectivity index (χ1n) is 5.13. The average molecular weight is 325 g/mol. The second-order valence-corrected chi connectivity index (χ2v) is 5.82. The lowest BCUT2D eigenvalue weighted by Crippen LogP contribution is -2.08. The first-order chi connectivity index (χ1) is 8.50. The van der Waals surface area contributed by atoms with E-state index in [9.17, 15) is 9.59 Å². The minimum Gasteiger partial charge on any atom is -0.478 e. The van der Waals surface area contributed by atoms with Crippen LogP contribution in [0.1, 0.15) is 30.5 Å². The SMILES string of the molecule is Cc1cc(Br)c(C(=O)c2ccccc2C(=O)O)s1. The maximum Gasteiger partial charge on any atom is 0.336 e. The average Bonchev–Trinajstić information content (AvgIpc) is 2.67. The topological polar surface area (TPSA) is 54.4 Å². The minimum atomic E-state index is -1.09. The van der Waals surface area contributed by atoms with Gasteiger partial charge in [-0.25, -0.2) is 4.79 Å². The molecule has 2 rings (SSSR count). The van der Waals surface area contributed by atoms with Gasteiger partial charge in [-0.1, -0.05) is 18.2 Å². The van der Waals surface area contributed by atoms with Gasteiger partial charge in [0.2, 0.25) is 5.78 Å². The summed E-state index contributed by atoms with van der Waals surface area (Å²) in [5.74, 6) is -1.36. The van der Waals surface area contributed by atoms with Gasteiger partial charge in [-0.05, 0) is 35.0 Å². The van der Waals surface area contributed by atoms with Crippen molar-refractivity contribution >= 4 is 39.0 Å². The Balaban J connectivity index is 2.53. The number of rotatable bonds is 3. The maximum absolute atomic E-state index is 12.3. The van der Waals surface area contributed by atoms with E-state index in [1.165, 1.54) is 23.5 Å². The molecule has 0 aliphatic heterocycles. The fraction of sp³-hybridized carbons (Fsp3) is 0.0769. The van der Waals surface area contributed by atoms with Crippen LogP contribution in [0.5, 0.6) is 0 Å². The second kappa shape index (κ2) is 5.04. The van der Waals surface area contributed by atoms with E-state index in [-0.39, 0.29) is 16.9 Å². The van der Waals surface area contributed by atoms with Crippen molar-refractivity contribution in [3.8, 4) is 0 Å². The summed E-state index contributed by atoms with van der Waals surface area (Å²) in [6.07, 6.45) is 0. The summed E-state index contributed by atoms with van der Waals surface area (Å²) >= 11 is 4.67. The number of carbonyl (C=O) groups excluding carboxylic acids is 1. The van der Waals surface area contributed by atoms with E-state index in [1.807, 2.05) is 13.0 Å². The number of carboxylic acids is 1. The molecule has 0 bridgehead atoms. The molecule has 0 saturated carbocycles. The molecular weight excluding hydrogens is 316 g/mol. The van der Waals surface area contributed by atoms with Crippen LogP contribution in [0.15, 0.2) is 34.8 Å². The van der Waals surface area contributed by atoms with Gasteiger partial charge in [-0.3, -0.25) is 4.79 Å². The number of carboxylic acid groups (broad SMARTS) is 1. The lowest BCUT2D eigenvalue weighted by Gasteiger charge is -2.03. The zero-order valence-electron chi connectivity index (χ0n) is 9.44. The van der Waals surface area contributed by atoms with Gasteiger partial charge in [0.05, 0.1) is 10.4 Å². The lowest BCUT2D eigenvalue weighted by atomic mass is 10.0. The van der Waals surface area contributed by atoms with Gasteiger partial charge in [0.25, 0.3) is 0 Å². The molecule has 0 radical (unpaired) electrons. The molecule has 0 spiro atoms. The third kappa shape index (κ3) is 2.37. The molecule has 3 nitrogen and oxygen atoms in total. The van der Waals surface area contributed by atoms with E-state index >= 15 is 0 Å². The summed E-state index contributed by atoms with van der Waals surface area (Å²) in [6, 6.07) is 8.08. The van der Waals surface area contributed by atoms with Gasteiger partial charge in [0.15, 0.2) is 0 Å². The Bertz CT molecular complexity index is 631. The number of aromatic carboxylic acids is 1. The Morgan fingerprint density at radius 1 is 1.22 bits per heavy atom. The molecule has 18 heavy (non-hydrogen) atoms. The molecule has 1 aromatic carbocycles. The Kier molecular flexibility index (Phi) is 3.63. The van der Waals surface area contributed by atoms with E-state index < -0.39 is 5.97 Å². The Morgan fingerprint density at radius 2 is 1.83 bits per heavy atom. The summed E-state index contributed by atoms with van der Waals surface area (Å²) in [6.45, 7) is 1.90. The third-order valence-electron chi connectivity index (χ3n) is 2.42. The highest BCUT2D eigenvalue weighted by molar-refractivity contribution is 9.10. The number of thiophene rings is 1. The zero-order valence-corrected chi connectivity index (χ0v) is 11.8. The standard InChI is InChI=1S/C13H9BrO3S/c1-7-6-10(14)12(18-7)11(15)8-4-2-3-5-9(8)13(16)17/h2-6H,1H3,(H,16,17). The van der Waals surface area contributed by atoms with Crippen molar-refractivity contribution in [3.05, 3.63) is 55.7 Å². The van der Waals surface area contributed by atoms with E-state index in [0.717, 1.165) is 4.88 Å². The highest BCUT2D eigenvalue weighted by Crippen LogP contribution is 2.29. The molecule has 0 unspecified atom stereocenters. The molecule has 0 fully saturated rings. The van der Waals surface area contributed by atoms with Crippen molar-refractivity contribution in [2.45, 2.75) is 6.92 Å². The van der Waals surface area contributed by atoms with Crippen LogP contribution in [0, 0.1) is 6.92 Å². The maximum atomic E-state index is 12.3. The smallest absolute Gasteiger partial charge is 0.336 e. The lowest BCUT2D eigenvalue weighted by molar-refractivity contribution is 0.0693. The fourth-order valence-electron chi connectivity index (χ4n) is 1.63. The van der Waals surface area contributed by atoms with Crippen LogP contribution in [-0.2, 0) is 0 Å². The summed E-state index contributed by atoms with van der Waals surface area (Å²) in [4.78, 5) is 24.9. The molecule has 0 amide bonds. The Hall–Kier alpha value is -1.46. The number of hydrogen-bond donors (Lipinski definition) is 1. The molecule has 1 N–H and O–H groups in total. The van der Waals surface area contributed by atoms with Crippen molar-refractivity contribution in [2.75, 3.05) is 0 Å². The van der Waals surface area contributed by atoms with Crippen LogP contribution < -0.4 is 0 Å². The van der Waals surface area contributed by atoms with E-state index in [1.54, 1.807) is 12.1 Å². The molecule has 0 aliphatic rings. The molecule has 0 saturated heterocycles. The highest BCUT2D eigenvalue weighted by atomic mass is 79.9. The van der Waals surface area contributed by atoms with Gasteiger partial charge in [0.1, 0.15) is 0 Å². The molecule has 1 aromatic heterocycles. The number of ketones is 1.